The van der Waals surface area contributed by atoms with Crippen molar-refractivity contribution in [2.45, 2.75) is 32.6 Å². The summed E-state index contributed by atoms with van der Waals surface area (Å²) in [5, 5.41) is 12.2. The number of rotatable bonds is 4. The fourth-order valence-electron chi connectivity index (χ4n) is 3.56. The Morgan fingerprint density at radius 3 is 2.56 bits per heavy atom. The lowest BCUT2D eigenvalue weighted by molar-refractivity contribution is -0.146. The van der Waals surface area contributed by atoms with E-state index < -0.39 is 17.8 Å². The number of amides is 2. The molecule has 132 valence electrons. The zero-order valence-corrected chi connectivity index (χ0v) is 14.2. The van der Waals surface area contributed by atoms with Crippen LogP contribution in [-0.4, -0.2) is 29.4 Å². The van der Waals surface area contributed by atoms with E-state index >= 15 is 0 Å². The monoisotopic (exact) mass is 342 g/mol. The van der Waals surface area contributed by atoms with Gasteiger partial charge in [0.2, 0.25) is 11.8 Å². The van der Waals surface area contributed by atoms with Crippen LogP contribution < -0.4 is 10.2 Å². The van der Waals surface area contributed by atoms with Gasteiger partial charge in [0.15, 0.2) is 0 Å². The van der Waals surface area contributed by atoms with Gasteiger partial charge >= 0.3 is 5.97 Å². The van der Waals surface area contributed by atoms with E-state index in [4.69, 9.17) is 0 Å². The summed E-state index contributed by atoms with van der Waals surface area (Å²) in [5.41, 5.74) is 2.25. The Balaban J connectivity index is 1.81. The summed E-state index contributed by atoms with van der Waals surface area (Å²) in [6.07, 6.45) is 5.85. The van der Waals surface area contributed by atoms with Crippen LogP contribution in [0, 0.1) is 18.8 Å². The molecule has 1 fully saturated rings. The Labute approximate surface area is 146 Å². The van der Waals surface area contributed by atoms with Gasteiger partial charge in [0, 0.05) is 24.3 Å². The number of allylic oxidation sites excluding steroid dienone is 2. The Bertz CT molecular complexity index is 741. The third-order valence-corrected chi connectivity index (χ3v) is 5.01. The average molecular weight is 342 g/mol. The second-order valence-electron chi connectivity index (χ2n) is 6.58. The molecule has 6 heteroatoms. The molecule has 0 unspecified atom stereocenters. The van der Waals surface area contributed by atoms with Crippen molar-refractivity contribution in [3.63, 3.8) is 0 Å². The van der Waals surface area contributed by atoms with Gasteiger partial charge in [0.05, 0.1) is 11.8 Å². The molecule has 1 aliphatic carbocycles. The van der Waals surface area contributed by atoms with Gasteiger partial charge in [0.25, 0.3) is 0 Å². The topological polar surface area (TPSA) is 86.7 Å². The van der Waals surface area contributed by atoms with Crippen LogP contribution in [0.25, 0.3) is 0 Å². The molecule has 0 bridgehead atoms. The molecule has 1 saturated heterocycles. The van der Waals surface area contributed by atoms with Crippen LogP contribution >= 0.6 is 0 Å². The van der Waals surface area contributed by atoms with Gasteiger partial charge < -0.3 is 15.3 Å². The molecule has 3 rings (SSSR count). The number of carbonyl (C=O) groups is 3. The summed E-state index contributed by atoms with van der Waals surface area (Å²) < 4.78 is 0. The number of benzene rings is 1. The maximum Gasteiger partial charge on any atom is 0.307 e. The van der Waals surface area contributed by atoms with Crippen molar-refractivity contribution in [3.05, 3.63) is 35.9 Å². The van der Waals surface area contributed by atoms with E-state index in [0.29, 0.717) is 31.5 Å². The Kier molecular flexibility index (Phi) is 4.88. The zero-order valence-electron chi connectivity index (χ0n) is 14.2. The maximum absolute atomic E-state index is 12.6. The molecule has 0 aromatic heterocycles. The molecule has 2 atom stereocenters. The molecule has 0 spiro atoms. The highest BCUT2D eigenvalue weighted by atomic mass is 16.4. The first-order valence-corrected chi connectivity index (χ1v) is 8.57. The molecule has 2 amide bonds. The number of carboxylic acids is 1. The number of aliphatic carboxylic acids is 1. The summed E-state index contributed by atoms with van der Waals surface area (Å²) in [7, 11) is 0. The smallest absolute Gasteiger partial charge is 0.307 e. The Hall–Kier alpha value is -2.63. The average Bonchev–Trinajstić information content (AvgIpc) is 3.02. The van der Waals surface area contributed by atoms with Crippen molar-refractivity contribution in [1.29, 1.82) is 0 Å². The number of carboxylic acid groups (broad SMARTS) is 1. The molecule has 1 aliphatic heterocycles. The summed E-state index contributed by atoms with van der Waals surface area (Å²) >= 11 is 0. The Morgan fingerprint density at radius 2 is 1.92 bits per heavy atom. The van der Waals surface area contributed by atoms with Crippen LogP contribution in [0.4, 0.5) is 11.4 Å². The largest absolute Gasteiger partial charge is 0.481 e. The van der Waals surface area contributed by atoms with E-state index in [9.17, 15) is 19.5 Å². The van der Waals surface area contributed by atoms with Crippen molar-refractivity contribution in [3.8, 4) is 0 Å². The molecule has 1 heterocycles. The minimum absolute atomic E-state index is 0.0925. The Morgan fingerprint density at radius 1 is 1.20 bits per heavy atom. The highest BCUT2D eigenvalue weighted by Crippen LogP contribution is 2.32. The van der Waals surface area contributed by atoms with E-state index in [1.165, 1.54) is 0 Å². The number of nitrogens with zero attached hydrogens (tertiary/aromatic N) is 1. The second-order valence-corrected chi connectivity index (χ2v) is 6.58. The number of hydrogen-bond donors (Lipinski definition) is 2. The number of carbonyl (C=O) groups excluding carboxylic acids is 2. The predicted molar refractivity (Wildman–Crippen MR) is 94.4 cm³/mol. The summed E-state index contributed by atoms with van der Waals surface area (Å²) in [6.45, 7) is 2.55. The van der Waals surface area contributed by atoms with Crippen LogP contribution in [0.5, 0.6) is 0 Å². The molecule has 1 aromatic rings. The SMILES string of the molecule is Cc1c(NC(=O)[C@@H]2CC=CC[C@H]2C(=O)O)cccc1N1CCCC1=O. The van der Waals surface area contributed by atoms with E-state index in [-0.39, 0.29) is 11.8 Å². The molecule has 6 nitrogen and oxygen atoms in total. The van der Waals surface area contributed by atoms with Crippen molar-refractivity contribution < 1.29 is 19.5 Å². The molecule has 2 N–H and O–H groups in total. The number of anilines is 2. The summed E-state index contributed by atoms with van der Waals surface area (Å²) in [5.74, 6) is -2.43. The van der Waals surface area contributed by atoms with Crippen molar-refractivity contribution in [2.75, 3.05) is 16.8 Å². The molecule has 0 saturated carbocycles. The lowest BCUT2D eigenvalue weighted by atomic mass is 9.82. The third kappa shape index (κ3) is 3.43. The van der Waals surface area contributed by atoms with Crippen LogP contribution in [0.1, 0.15) is 31.2 Å². The minimum Gasteiger partial charge on any atom is -0.481 e. The zero-order chi connectivity index (χ0) is 18.0. The molecular weight excluding hydrogens is 320 g/mol. The normalized spacial score (nSPS) is 22.9. The third-order valence-electron chi connectivity index (χ3n) is 5.01. The molecule has 2 aliphatic rings. The van der Waals surface area contributed by atoms with Gasteiger partial charge in [-0.15, -0.1) is 0 Å². The highest BCUT2D eigenvalue weighted by Gasteiger charge is 2.34. The van der Waals surface area contributed by atoms with Crippen LogP contribution in [0.3, 0.4) is 0 Å². The molecule has 25 heavy (non-hydrogen) atoms. The number of nitrogens with one attached hydrogen (secondary N) is 1. The lowest BCUT2D eigenvalue weighted by Gasteiger charge is -2.25. The maximum atomic E-state index is 12.6. The van der Waals surface area contributed by atoms with Crippen molar-refractivity contribution >= 4 is 29.2 Å². The lowest BCUT2D eigenvalue weighted by Crippen LogP contribution is -2.35. The first-order chi connectivity index (χ1) is 12.0. The van der Waals surface area contributed by atoms with Gasteiger partial charge in [-0.05, 0) is 43.9 Å². The fraction of sp³-hybridized carbons (Fsp3) is 0.421. The van der Waals surface area contributed by atoms with Gasteiger partial charge in [-0.3, -0.25) is 14.4 Å². The first kappa shape index (κ1) is 17.2. The predicted octanol–water partition coefficient (Wildman–Crippen LogP) is 2.73. The van der Waals surface area contributed by atoms with E-state index in [1.807, 2.05) is 25.1 Å². The summed E-state index contributed by atoms with van der Waals surface area (Å²) in [4.78, 5) is 37.8. The summed E-state index contributed by atoms with van der Waals surface area (Å²) in [6, 6.07) is 5.46. The number of hydrogen-bond acceptors (Lipinski definition) is 3. The van der Waals surface area contributed by atoms with Crippen molar-refractivity contribution in [2.24, 2.45) is 11.8 Å². The van der Waals surface area contributed by atoms with Gasteiger partial charge in [-0.1, -0.05) is 18.2 Å². The van der Waals surface area contributed by atoms with Crippen LogP contribution in [-0.2, 0) is 14.4 Å². The van der Waals surface area contributed by atoms with E-state index in [1.54, 1.807) is 17.0 Å². The van der Waals surface area contributed by atoms with Crippen LogP contribution in [0.2, 0.25) is 0 Å². The van der Waals surface area contributed by atoms with Crippen LogP contribution in [0.15, 0.2) is 30.4 Å². The fourth-order valence-corrected chi connectivity index (χ4v) is 3.56. The second kappa shape index (κ2) is 7.09. The van der Waals surface area contributed by atoms with Crippen molar-refractivity contribution in [1.82, 2.24) is 0 Å². The minimum atomic E-state index is -0.947. The van der Waals surface area contributed by atoms with E-state index in [2.05, 4.69) is 5.32 Å². The van der Waals surface area contributed by atoms with Gasteiger partial charge in [0.1, 0.15) is 0 Å². The quantitative estimate of drug-likeness (QED) is 0.824. The van der Waals surface area contributed by atoms with Gasteiger partial charge in [-0.25, -0.2) is 0 Å². The standard InChI is InChI=1S/C19H22N2O4/c1-12-15(8-4-9-16(12)21-11-5-10-17(21)22)20-18(23)13-6-2-3-7-14(13)19(24)25/h2-4,8-9,13-14H,5-7,10-11H2,1H3,(H,20,23)(H,24,25)/t13-,14-/m1/s1. The molecule has 0 radical (unpaired) electrons. The molecular formula is C19H22N2O4. The highest BCUT2D eigenvalue weighted by molar-refractivity contribution is 5.99. The van der Waals surface area contributed by atoms with Gasteiger partial charge in [-0.2, -0.15) is 0 Å². The first-order valence-electron chi connectivity index (χ1n) is 8.57. The van der Waals surface area contributed by atoms with E-state index in [0.717, 1.165) is 17.7 Å². The molecule has 1 aromatic carbocycles.